The van der Waals surface area contributed by atoms with Gasteiger partial charge in [0.15, 0.2) is 16.1 Å². The van der Waals surface area contributed by atoms with Crippen LogP contribution < -0.4 is 0 Å². The predicted octanol–water partition coefficient (Wildman–Crippen LogP) is 2.32. The molecule has 1 aromatic heterocycles. The summed E-state index contributed by atoms with van der Waals surface area (Å²) in [5.74, 6) is -0.850. The zero-order chi connectivity index (χ0) is 15.6. The average Bonchev–Trinajstić information content (AvgIpc) is 2.80. The van der Waals surface area contributed by atoms with Gasteiger partial charge in [0.05, 0.1) is 5.56 Å². The van der Waals surface area contributed by atoms with Gasteiger partial charge in [-0.25, -0.2) is 12.8 Å². The number of benzene rings is 1. The molecule has 0 saturated heterocycles. The molecule has 1 aromatic carbocycles. The van der Waals surface area contributed by atoms with Crippen LogP contribution in [0.1, 0.15) is 23.7 Å². The molecule has 5 nitrogen and oxygen atoms in total. The molecule has 0 fully saturated rings. The van der Waals surface area contributed by atoms with Crippen molar-refractivity contribution in [3.8, 4) is 11.3 Å². The summed E-state index contributed by atoms with van der Waals surface area (Å²) in [6.07, 6.45) is 4.03. The second-order valence-electron chi connectivity index (χ2n) is 4.73. The first-order valence-electron chi connectivity index (χ1n) is 6.39. The lowest BCUT2D eigenvalue weighted by molar-refractivity contribution is 0.112. The van der Waals surface area contributed by atoms with Crippen LogP contribution in [-0.2, 0) is 16.4 Å². The molecular formula is C14H15FN2O3S. The number of hydrogen-bond acceptors (Lipinski definition) is 4. The Balaban J connectivity index is 2.52. The smallest absolute Gasteiger partial charge is 0.178 e. The monoisotopic (exact) mass is 310 g/mol. The summed E-state index contributed by atoms with van der Waals surface area (Å²) in [7, 11) is -3.62. The Morgan fingerprint density at radius 2 is 2.10 bits per heavy atom. The highest BCUT2D eigenvalue weighted by atomic mass is 32.2. The van der Waals surface area contributed by atoms with Crippen LogP contribution in [0.4, 0.5) is 4.39 Å². The standard InChI is InChI=1S/C14H15FN2O3S/c1-3-6-17-8-11(9-18)14(16-17)10-4-5-13(12(15)7-10)21(2,19)20/h4-5,7-9H,3,6H2,1-2H3. The maximum atomic E-state index is 13.9. The first kappa shape index (κ1) is 15.4. The number of halogens is 1. The van der Waals surface area contributed by atoms with Gasteiger partial charge in [-0.1, -0.05) is 13.0 Å². The second kappa shape index (κ2) is 5.77. The van der Waals surface area contributed by atoms with E-state index in [0.717, 1.165) is 18.7 Å². The molecule has 0 saturated carbocycles. The van der Waals surface area contributed by atoms with Crippen molar-refractivity contribution < 1.29 is 17.6 Å². The molecule has 0 amide bonds. The molecule has 0 bridgehead atoms. The van der Waals surface area contributed by atoms with Crippen molar-refractivity contribution in [3.63, 3.8) is 0 Å². The van der Waals surface area contributed by atoms with Gasteiger partial charge >= 0.3 is 0 Å². The van der Waals surface area contributed by atoms with Crippen LogP contribution in [0.2, 0.25) is 0 Å². The van der Waals surface area contributed by atoms with Crippen LogP contribution in [0.15, 0.2) is 29.3 Å². The fourth-order valence-electron chi connectivity index (χ4n) is 2.04. The van der Waals surface area contributed by atoms with Gasteiger partial charge in [-0.3, -0.25) is 9.48 Å². The molecule has 0 aliphatic carbocycles. The van der Waals surface area contributed by atoms with Crippen LogP contribution >= 0.6 is 0 Å². The van der Waals surface area contributed by atoms with Crippen molar-refractivity contribution in [2.24, 2.45) is 0 Å². The molecule has 1 heterocycles. The summed E-state index contributed by atoms with van der Waals surface area (Å²) in [6.45, 7) is 2.62. The third-order valence-electron chi connectivity index (χ3n) is 2.97. The summed E-state index contributed by atoms with van der Waals surface area (Å²) in [6, 6.07) is 3.72. The molecule has 2 aromatic rings. The maximum absolute atomic E-state index is 13.9. The highest BCUT2D eigenvalue weighted by Gasteiger charge is 2.17. The van der Waals surface area contributed by atoms with E-state index in [0.29, 0.717) is 29.7 Å². The molecule has 7 heteroatoms. The first-order chi connectivity index (χ1) is 9.86. The van der Waals surface area contributed by atoms with Gasteiger partial charge in [0.2, 0.25) is 0 Å². The van der Waals surface area contributed by atoms with E-state index < -0.39 is 15.7 Å². The lowest BCUT2D eigenvalue weighted by Gasteiger charge is -2.03. The number of carbonyl (C=O) groups excluding carboxylic acids is 1. The zero-order valence-electron chi connectivity index (χ0n) is 11.7. The fourth-order valence-corrected chi connectivity index (χ4v) is 2.77. The molecule has 0 aliphatic rings. The molecule has 2 rings (SSSR count). The Morgan fingerprint density at radius 3 is 2.62 bits per heavy atom. The SMILES string of the molecule is CCCn1cc(C=O)c(-c2ccc(S(C)(=O)=O)c(F)c2)n1. The third-order valence-corrected chi connectivity index (χ3v) is 4.10. The third kappa shape index (κ3) is 3.18. The minimum atomic E-state index is -3.62. The van der Waals surface area contributed by atoms with Crippen molar-refractivity contribution in [3.05, 3.63) is 35.8 Å². The molecule has 0 atom stereocenters. The van der Waals surface area contributed by atoms with Crippen LogP contribution in [0, 0.1) is 5.82 Å². The van der Waals surface area contributed by atoms with Crippen molar-refractivity contribution in [1.29, 1.82) is 0 Å². The number of rotatable bonds is 5. The number of nitrogens with zero attached hydrogens (tertiary/aromatic N) is 2. The lowest BCUT2D eigenvalue weighted by atomic mass is 10.1. The number of carbonyl (C=O) groups is 1. The van der Waals surface area contributed by atoms with Gasteiger partial charge in [0.1, 0.15) is 16.4 Å². The molecule has 112 valence electrons. The Morgan fingerprint density at radius 1 is 1.38 bits per heavy atom. The summed E-state index contributed by atoms with van der Waals surface area (Å²) < 4.78 is 38.3. The molecule has 0 N–H and O–H groups in total. The highest BCUT2D eigenvalue weighted by Crippen LogP contribution is 2.25. The molecule has 0 spiro atoms. The van der Waals surface area contributed by atoms with Crippen LogP contribution in [-0.4, -0.2) is 30.7 Å². The van der Waals surface area contributed by atoms with E-state index in [1.54, 1.807) is 10.9 Å². The van der Waals surface area contributed by atoms with E-state index in [1.807, 2.05) is 6.92 Å². The van der Waals surface area contributed by atoms with Crippen molar-refractivity contribution >= 4 is 16.1 Å². The van der Waals surface area contributed by atoms with Crippen molar-refractivity contribution in [2.75, 3.05) is 6.26 Å². The minimum Gasteiger partial charge on any atom is -0.298 e. The number of aldehydes is 1. The number of aromatic nitrogens is 2. The molecule has 0 unspecified atom stereocenters. The van der Waals surface area contributed by atoms with E-state index in [4.69, 9.17) is 0 Å². The Kier molecular flexibility index (Phi) is 4.22. The van der Waals surface area contributed by atoms with E-state index in [9.17, 15) is 17.6 Å². The van der Waals surface area contributed by atoms with Gasteiger partial charge in [0, 0.05) is 24.6 Å². The van der Waals surface area contributed by atoms with Gasteiger partial charge < -0.3 is 0 Å². The van der Waals surface area contributed by atoms with Crippen LogP contribution in [0.3, 0.4) is 0 Å². The molecule has 0 radical (unpaired) electrons. The fraction of sp³-hybridized carbons (Fsp3) is 0.286. The zero-order valence-corrected chi connectivity index (χ0v) is 12.5. The van der Waals surface area contributed by atoms with Gasteiger partial charge in [-0.05, 0) is 18.6 Å². The highest BCUT2D eigenvalue weighted by molar-refractivity contribution is 7.90. The molecular weight excluding hydrogens is 295 g/mol. The Hall–Kier alpha value is -2.02. The minimum absolute atomic E-state index is 0.343. The van der Waals surface area contributed by atoms with Crippen LogP contribution in [0.25, 0.3) is 11.3 Å². The average molecular weight is 310 g/mol. The summed E-state index contributed by atoms with van der Waals surface area (Å²) >= 11 is 0. The molecule has 0 aliphatic heterocycles. The quantitative estimate of drug-likeness (QED) is 0.795. The van der Waals surface area contributed by atoms with E-state index in [-0.39, 0.29) is 4.90 Å². The van der Waals surface area contributed by atoms with E-state index in [2.05, 4.69) is 5.10 Å². The Bertz CT molecular complexity index is 782. The second-order valence-corrected chi connectivity index (χ2v) is 6.72. The number of aryl methyl sites for hydroxylation is 1. The number of hydrogen-bond donors (Lipinski definition) is 0. The van der Waals surface area contributed by atoms with Crippen molar-refractivity contribution in [1.82, 2.24) is 9.78 Å². The molecule has 21 heavy (non-hydrogen) atoms. The van der Waals surface area contributed by atoms with Gasteiger partial charge in [0.25, 0.3) is 0 Å². The topological polar surface area (TPSA) is 69.0 Å². The Labute approximate surface area is 122 Å². The van der Waals surface area contributed by atoms with E-state index in [1.165, 1.54) is 12.1 Å². The summed E-state index contributed by atoms with van der Waals surface area (Å²) in [5, 5.41) is 4.24. The lowest BCUT2D eigenvalue weighted by Crippen LogP contribution is -2.01. The maximum Gasteiger partial charge on any atom is 0.178 e. The van der Waals surface area contributed by atoms with E-state index >= 15 is 0 Å². The van der Waals surface area contributed by atoms with Gasteiger partial charge in [-0.15, -0.1) is 0 Å². The number of sulfone groups is 1. The normalized spacial score (nSPS) is 11.6. The summed E-state index contributed by atoms with van der Waals surface area (Å²) in [4.78, 5) is 10.7. The largest absolute Gasteiger partial charge is 0.298 e. The predicted molar refractivity (Wildman–Crippen MR) is 76.4 cm³/mol. The van der Waals surface area contributed by atoms with Crippen LogP contribution in [0.5, 0.6) is 0 Å². The first-order valence-corrected chi connectivity index (χ1v) is 8.28. The van der Waals surface area contributed by atoms with Gasteiger partial charge in [-0.2, -0.15) is 5.10 Å². The van der Waals surface area contributed by atoms with Crippen molar-refractivity contribution in [2.45, 2.75) is 24.8 Å². The summed E-state index contributed by atoms with van der Waals surface area (Å²) in [5.41, 5.74) is 1.06.